The van der Waals surface area contributed by atoms with Crippen molar-refractivity contribution in [1.29, 1.82) is 0 Å². The first kappa shape index (κ1) is 15.7. The van der Waals surface area contributed by atoms with Gasteiger partial charge in [0.1, 0.15) is 11.5 Å². The number of methoxy groups -OCH3 is 2. The molecule has 0 unspecified atom stereocenters. The van der Waals surface area contributed by atoms with Crippen molar-refractivity contribution in [3.8, 4) is 11.5 Å². The van der Waals surface area contributed by atoms with E-state index in [1.807, 2.05) is 0 Å². The van der Waals surface area contributed by atoms with Crippen LogP contribution >= 0.6 is 28.6 Å². The highest BCUT2D eigenvalue weighted by Crippen LogP contribution is 2.27. The van der Waals surface area contributed by atoms with Crippen LogP contribution in [0.15, 0.2) is 45.8 Å². The summed E-state index contributed by atoms with van der Waals surface area (Å²) in [6.07, 6.45) is 0. The van der Waals surface area contributed by atoms with Gasteiger partial charge in [-0.1, -0.05) is 15.9 Å². The first-order valence-corrected chi connectivity index (χ1v) is 7.30. The lowest BCUT2D eigenvalue weighted by Gasteiger charge is -2.11. The molecular formula is C15H14BrNO3S. The normalized spacial score (nSPS) is 10.1. The SMILES string of the molecule is COc1cc(NC(=O)c2ccc(Br)cc2S)cc(OC)c1. The van der Waals surface area contributed by atoms with Crippen molar-refractivity contribution in [3.05, 3.63) is 46.4 Å². The van der Waals surface area contributed by atoms with E-state index in [0.29, 0.717) is 27.6 Å². The van der Waals surface area contributed by atoms with Crippen molar-refractivity contribution >= 4 is 40.2 Å². The highest BCUT2D eigenvalue weighted by atomic mass is 79.9. The fraction of sp³-hybridized carbons (Fsp3) is 0.133. The van der Waals surface area contributed by atoms with E-state index in [9.17, 15) is 4.79 Å². The highest BCUT2D eigenvalue weighted by Gasteiger charge is 2.11. The molecule has 0 aliphatic heterocycles. The van der Waals surface area contributed by atoms with Gasteiger partial charge in [0.05, 0.1) is 19.8 Å². The molecule has 0 aliphatic carbocycles. The summed E-state index contributed by atoms with van der Waals surface area (Å²) in [6.45, 7) is 0. The van der Waals surface area contributed by atoms with Gasteiger partial charge in [0.2, 0.25) is 0 Å². The zero-order valence-corrected chi connectivity index (χ0v) is 14.0. The largest absolute Gasteiger partial charge is 0.497 e. The van der Waals surface area contributed by atoms with Crippen molar-refractivity contribution in [1.82, 2.24) is 0 Å². The molecule has 2 rings (SSSR count). The summed E-state index contributed by atoms with van der Waals surface area (Å²) in [5.41, 5.74) is 1.08. The molecule has 2 aromatic carbocycles. The summed E-state index contributed by atoms with van der Waals surface area (Å²) in [6, 6.07) is 10.4. The Morgan fingerprint density at radius 1 is 1.10 bits per heavy atom. The standard InChI is InChI=1S/C15H14BrNO3S/c1-19-11-6-10(7-12(8-11)20-2)17-15(18)13-4-3-9(16)5-14(13)21/h3-8,21H,1-2H3,(H,17,18). The monoisotopic (exact) mass is 367 g/mol. The molecule has 2 aromatic rings. The lowest BCUT2D eigenvalue weighted by molar-refractivity contribution is 0.102. The fourth-order valence-electron chi connectivity index (χ4n) is 1.77. The first-order valence-electron chi connectivity index (χ1n) is 6.06. The summed E-state index contributed by atoms with van der Waals surface area (Å²) in [7, 11) is 3.11. The van der Waals surface area contributed by atoms with Crippen LogP contribution in [0, 0.1) is 0 Å². The van der Waals surface area contributed by atoms with E-state index in [2.05, 4.69) is 33.9 Å². The van der Waals surface area contributed by atoms with Gasteiger partial charge in [0, 0.05) is 33.3 Å². The zero-order chi connectivity index (χ0) is 15.4. The molecule has 0 atom stereocenters. The average Bonchev–Trinajstić information content (AvgIpc) is 2.46. The summed E-state index contributed by atoms with van der Waals surface area (Å²) in [5, 5.41) is 2.80. The number of hydrogen-bond acceptors (Lipinski definition) is 4. The van der Waals surface area contributed by atoms with Gasteiger partial charge in [-0.25, -0.2) is 0 Å². The number of carbonyl (C=O) groups is 1. The van der Waals surface area contributed by atoms with Crippen LogP contribution in [0.5, 0.6) is 11.5 Å². The Kier molecular flexibility index (Phi) is 5.14. The Labute approximate surface area is 137 Å². The van der Waals surface area contributed by atoms with E-state index in [4.69, 9.17) is 9.47 Å². The third-order valence-electron chi connectivity index (χ3n) is 2.81. The maximum Gasteiger partial charge on any atom is 0.256 e. The van der Waals surface area contributed by atoms with Gasteiger partial charge >= 0.3 is 0 Å². The number of ether oxygens (including phenoxy) is 2. The smallest absolute Gasteiger partial charge is 0.256 e. The second-order valence-electron chi connectivity index (χ2n) is 4.22. The fourth-order valence-corrected chi connectivity index (χ4v) is 2.63. The van der Waals surface area contributed by atoms with Gasteiger partial charge in [0.25, 0.3) is 5.91 Å². The van der Waals surface area contributed by atoms with Crippen LogP contribution in [0.25, 0.3) is 0 Å². The van der Waals surface area contributed by atoms with Crippen molar-refractivity contribution in [2.24, 2.45) is 0 Å². The van der Waals surface area contributed by atoms with Crippen LogP contribution in [-0.4, -0.2) is 20.1 Å². The molecule has 4 nitrogen and oxygen atoms in total. The van der Waals surface area contributed by atoms with Crippen LogP contribution in [0.3, 0.4) is 0 Å². The van der Waals surface area contributed by atoms with Crippen LogP contribution in [-0.2, 0) is 0 Å². The zero-order valence-electron chi connectivity index (χ0n) is 11.5. The Balaban J connectivity index is 2.26. The van der Waals surface area contributed by atoms with Crippen LogP contribution in [0.1, 0.15) is 10.4 Å². The quantitative estimate of drug-likeness (QED) is 0.802. The minimum Gasteiger partial charge on any atom is -0.497 e. The number of nitrogens with one attached hydrogen (secondary N) is 1. The van der Waals surface area contributed by atoms with Gasteiger partial charge in [0.15, 0.2) is 0 Å². The van der Waals surface area contributed by atoms with Gasteiger partial charge in [-0.05, 0) is 18.2 Å². The van der Waals surface area contributed by atoms with Gasteiger partial charge in [-0.3, -0.25) is 4.79 Å². The molecule has 0 heterocycles. The van der Waals surface area contributed by atoms with E-state index < -0.39 is 0 Å². The van der Waals surface area contributed by atoms with Gasteiger partial charge in [-0.15, -0.1) is 12.6 Å². The first-order chi connectivity index (χ1) is 10.0. The number of amides is 1. The van der Waals surface area contributed by atoms with E-state index in [0.717, 1.165) is 4.47 Å². The maximum absolute atomic E-state index is 12.3. The molecule has 0 fully saturated rings. The molecule has 21 heavy (non-hydrogen) atoms. The molecule has 0 radical (unpaired) electrons. The Hall–Kier alpha value is -1.66. The lowest BCUT2D eigenvalue weighted by atomic mass is 10.2. The molecule has 6 heteroatoms. The van der Waals surface area contributed by atoms with Gasteiger partial charge in [-0.2, -0.15) is 0 Å². The Morgan fingerprint density at radius 3 is 2.24 bits per heavy atom. The van der Waals surface area contributed by atoms with Crippen molar-refractivity contribution in [2.45, 2.75) is 4.90 Å². The summed E-state index contributed by atoms with van der Waals surface area (Å²) >= 11 is 7.65. The highest BCUT2D eigenvalue weighted by molar-refractivity contribution is 9.10. The summed E-state index contributed by atoms with van der Waals surface area (Å²) in [5.74, 6) is 0.959. The third-order valence-corrected chi connectivity index (χ3v) is 3.68. The average molecular weight is 368 g/mol. The predicted molar refractivity (Wildman–Crippen MR) is 88.9 cm³/mol. The molecule has 110 valence electrons. The van der Waals surface area contributed by atoms with Crippen molar-refractivity contribution in [3.63, 3.8) is 0 Å². The van der Waals surface area contributed by atoms with Crippen LogP contribution < -0.4 is 14.8 Å². The lowest BCUT2D eigenvalue weighted by Crippen LogP contribution is -2.12. The second-order valence-corrected chi connectivity index (χ2v) is 5.61. The third kappa shape index (κ3) is 3.92. The summed E-state index contributed by atoms with van der Waals surface area (Å²) in [4.78, 5) is 12.9. The van der Waals surface area contributed by atoms with Crippen LogP contribution in [0.4, 0.5) is 5.69 Å². The number of rotatable bonds is 4. The summed E-state index contributed by atoms with van der Waals surface area (Å²) < 4.78 is 11.2. The van der Waals surface area contributed by atoms with Gasteiger partial charge < -0.3 is 14.8 Å². The molecular weight excluding hydrogens is 354 g/mol. The molecule has 0 saturated heterocycles. The molecule has 0 spiro atoms. The number of halogens is 1. The van der Waals surface area contributed by atoms with E-state index >= 15 is 0 Å². The van der Waals surface area contributed by atoms with Crippen molar-refractivity contribution in [2.75, 3.05) is 19.5 Å². The molecule has 0 bridgehead atoms. The number of hydrogen-bond donors (Lipinski definition) is 2. The minimum atomic E-state index is -0.247. The maximum atomic E-state index is 12.3. The van der Waals surface area contributed by atoms with Crippen LogP contribution in [0.2, 0.25) is 0 Å². The second kappa shape index (κ2) is 6.87. The van der Waals surface area contributed by atoms with E-state index in [1.54, 1.807) is 50.6 Å². The van der Waals surface area contributed by atoms with E-state index in [1.165, 1.54) is 0 Å². The molecule has 1 amide bonds. The molecule has 0 aliphatic rings. The topological polar surface area (TPSA) is 47.6 Å². The number of benzene rings is 2. The number of thiol groups is 1. The minimum absolute atomic E-state index is 0.247. The predicted octanol–water partition coefficient (Wildman–Crippen LogP) is 4.01. The number of anilines is 1. The Morgan fingerprint density at radius 2 is 1.71 bits per heavy atom. The molecule has 0 aromatic heterocycles. The Bertz CT molecular complexity index is 654. The van der Waals surface area contributed by atoms with Crippen molar-refractivity contribution < 1.29 is 14.3 Å². The van der Waals surface area contributed by atoms with E-state index in [-0.39, 0.29) is 5.91 Å². The number of carbonyl (C=O) groups excluding carboxylic acids is 1. The molecule has 0 saturated carbocycles. The molecule has 1 N–H and O–H groups in total.